The summed E-state index contributed by atoms with van der Waals surface area (Å²) in [6, 6.07) is 8.56. The summed E-state index contributed by atoms with van der Waals surface area (Å²) in [7, 11) is -3.16. The average Bonchev–Trinajstić information content (AvgIpc) is 2.71. The van der Waals surface area contributed by atoms with Crippen LogP contribution in [0.4, 0.5) is 0 Å². The number of sulfonamides is 1. The topological polar surface area (TPSA) is 66.5 Å². The van der Waals surface area contributed by atoms with E-state index in [0.29, 0.717) is 31.8 Å². The lowest BCUT2D eigenvalue weighted by atomic mass is 9.91. The van der Waals surface area contributed by atoms with Gasteiger partial charge in [-0.1, -0.05) is 52.0 Å². The second kappa shape index (κ2) is 9.88. The van der Waals surface area contributed by atoms with Crippen molar-refractivity contribution in [2.24, 2.45) is 11.8 Å². The molecule has 1 aromatic rings. The average molecular weight is 409 g/mol. The Bertz CT molecular complexity index is 736. The fourth-order valence-corrected chi connectivity index (χ4v) is 4.88. The quantitative estimate of drug-likeness (QED) is 0.705. The lowest BCUT2D eigenvalue weighted by Gasteiger charge is -2.32. The largest absolute Gasteiger partial charge is 0.349 e. The number of piperidine rings is 1. The van der Waals surface area contributed by atoms with Crippen molar-refractivity contribution in [2.45, 2.75) is 65.8 Å². The summed E-state index contributed by atoms with van der Waals surface area (Å²) < 4.78 is 25.5. The molecule has 1 heterocycles. The number of nitrogens with one attached hydrogen (secondary N) is 1. The fourth-order valence-electron chi connectivity index (χ4n) is 3.75. The first kappa shape index (κ1) is 22.9. The van der Waals surface area contributed by atoms with Crippen LogP contribution in [0.2, 0.25) is 0 Å². The van der Waals surface area contributed by atoms with Gasteiger partial charge >= 0.3 is 0 Å². The van der Waals surface area contributed by atoms with Crippen LogP contribution < -0.4 is 5.32 Å². The van der Waals surface area contributed by atoms with Crippen LogP contribution in [0, 0.1) is 11.8 Å². The van der Waals surface area contributed by atoms with Crippen molar-refractivity contribution < 1.29 is 13.2 Å². The molecule has 5 nitrogen and oxygen atoms in total. The highest BCUT2D eigenvalue weighted by atomic mass is 32.2. The van der Waals surface area contributed by atoms with Gasteiger partial charge in [0.1, 0.15) is 0 Å². The highest BCUT2D eigenvalue weighted by molar-refractivity contribution is 7.89. The van der Waals surface area contributed by atoms with E-state index in [1.165, 1.54) is 9.87 Å². The smallest absolute Gasteiger partial charge is 0.223 e. The Morgan fingerprint density at radius 1 is 1.07 bits per heavy atom. The van der Waals surface area contributed by atoms with E-state index in [2.05, 4.69) is 57.3 Å². The van der Waals surface area contributed by atoms with Crippen molar-refractivity contribution in [3.05, 3.63) is 35.4 Å². The third-order valence-electron chi connectivity index (χ3n) is 6.02. The Morgan fingerprint density at radius 3 is 2.07 bits per heavy atom. The van der Waals surface area contributed by atoms with Crippen molar-refractivity contribution in [1.82, 2.24) is 9.62 Å². The van der Waals surface area contributed by atoms with Gasteiger partial charge in [-0.05, 0) is 49.1 Å². The zero-order valence-electron chi connectivity index (χ0n) is 17.9. The molecule has 1 saturated heterocycles. The molecule has 1 N–H and O–H groups in total. The van der Waals surface area contributed by atoms with Crippen molar-refractivity contribution in [3.8, 4) is 0 Å². The molecule has 1 aliphatic heterocycles. The second-order valence-electron chi connectivity index (χ2n) is 8.28. The van der Waals surface area contributed by atoms with Crippen LogP contribution >= 0.6 is 0 Å². The van der Waals surface area contributed by atoms with Gasteiger partial charge < -0.3 is 5.32 Å². The lowest BCUT2D eigenvalue weighted by Crippen LogP contribution is -2.44. The summed E-state index contributed by atoms with van der Waals surface area (Å²) in [6.45, 7) is 11.2. The molecule has 2 atom stereocenters. The highest BCUT2D eigenvalue weighted by Gasteiger charge is 2.31. The van der Waals surface area contributed by atoms with Crippen LogP contribution in [-0.2, 0) is 14.8 Å². The summed E-state index contributed by atoms with van der Waals surface area (Å²) in [5, 5.41) is 3.23. The summed E-state index contributed by atoms with van der Waals surface area (Å²) in [6.07, 6.45) is 2.28. The predicted molar refractivity (Wildman–Crippen MR) is 115 cm³/mol. The minimum absolute atomic E-state index is 0.0316. The number of carbonyl (C=O) groups is 1. The molecule has 0 unspecified atom stereocenters. The molecular weight excluding hydrogens is 372 g/mol. The molecule has 0 bridgehead atoms. The Morgan fingerprint density at radius 2 is 1.61 bits per heavy atom. The highest BCUT2D eigenvalue weighted by Crippen LogP contribution is 2.27. The summed E-state index contributed by atoms with van der Waals surface area (Å²) in [4.78, 5) is 12.9. The Hall–Kier alpha value is -1.40. The second-order valence-corrected chi connectivity index (χ2v) is 10.5. The van der Waals surface area contributed by atoms with E-state index in [0.717, 1.165) is 12.0 Å². The predicted octanol–water partition coefficient (Wildman–Crippen LogP) is 4.08. The number of rotatable bonds is 8. The molecular formula is C22H36N2O3S. The Labute approximate surface area is 170 Å². The van der Waals surface area contributed by atoms with E-state index < -0.39 is 10.0 Å². The van der Waals surface area contributed by atoms with E-state index >= 15 is 0 Å². The molecule has 158 valence electrons. The van der Waals surface area contributed by atoms with E-state index in [1.54, 1.807) is 6.92 Å². The van der Waals surface area contributed by atoms with Gasteiger partial charge in [0.2, 0.25) is 15.9 Å². The van der Waals surface area contributed by atoms with Crippen molar-refractivity contribution >= 4 is 15.9 Å². The molecule has 0 radical (unpaired) electrons. The molecule has 6 heteroatoms. The van der Waals surface area contributed by atoms with Gasteiger partial charge in [-0.2, -0.15) is 0 Å². The number of benzene rings is 1. The molecule has 1 aliphatic rings. The van der Waals surface area contributed by atoms with Gasteiger partial charge in [0.15, 0.2) is 0 Å². The molecule has 0 aromatic heterocycles. The molecule has 0 aliphatic carbocycles. The minimum Gasteiger partial charge on any atom is -0.349 e. The molecule has 1 aromatic carbocycles. The van der Waals surface area contributed by atoms with Gasteiger partial charge in [0, 0.05) is 19.0 Å². The summed E-state index contributed by atoms with van der Waals surface area (Å²) >= 11 is 0. The van der Waals surface area contributed by atoms with Crippen LogP contribution in [0.3, 0.4) is 0 Å². The number of nitrogens with zero attached hydrogens (tertiary/aromatic N) is 1. The van der Waals surface area contributed by atoms with E-state index in [-0.39, 0.29) is 29.5 Å². The first-order chi connectivity index (χ1) is 13.2. The van der Waals surface area contributed by atoms with Crippen LogP contribution in [0.15, 0.2) is 24.3 Å². The SMILES string of the molecule is CC[C@@H](C)c1ccc([C@H](NC(=O)C2CCN(S(=O)(=O)CC)CC2)C(C)C)cc1. The van der Waals surface area contributed by atoms with Gasteiger partial charge in [-0.25, -0.2) is 12.7 Å². The van der Waals surface area contributed by atoms with Crippen LogP contribution in [-0.4, -0.2) is 37.5 Å². The first-order valence-corrected chi connectivity index (χ1v) is 12.2. The molecule has 0 spiro atoms. The number of amides is 1. The standard InChI is InChI=1S/C22H36N2O3S/c1-6-17(5)18-8-10-19(11-9-18)21(16(3)4)23-22(25)20-12-14-24(15-13-20)28(26,27)7-2/h8-11,16-17,20-21H,6-7,12-15H2,1-5H3,(H,23,25)/t17-,21-/m1/s1. The molecule has 0 saturated carbocycles. The van der Waals surface area contributed by atoms with Crippen LogP contribution in [0.1, 0.15) is 77.0 Å². The number of hydrogen-bond donors (Lipinski definition) is 1. The maximum atomic E-state index is 12.9. The Balaban J connectivity index is 2.02. The Kier molecular flexibility index (Phi) is 8.07. The number of carbonyl (C=O) groups excluding carboxylic acids is 1. The molecule has 2 rings (SSSR count). The van der Waals surface area contributed by atoms with Crippen molar-refractivity contribution in [1.29, 1.82) is 0 Å². The number of hydrogen-bond acceptors (Lipinski definition) is 3. The maximum absolute atomic E-state index is 12.9. The molecule has 28 heavy (non-hydrogen) atoms. The normalized spacial score (nSPS) is 18.8. The first-order valence-electron chi connectivity index (χ1n) is 10.6. The lowest BCUT2D eigenvalue weighted by molar-refractivity contribution is -0.127. The van der Waals surface area contributed by atoms with Gasteiger partial charge in [0.25, 0.3) is 0 Å². The van der Waals surface area contributed by atoms with Crippen LogP contribution in [0.25, 0.3) is 0 Å². The third-order valence-corrected chi connectivity index (χ3v) is 7.91. The zero-order chi connectivity index (χ0) is 20.9. The molecule has 1 fully saturated rings. The van der Waals surface area contributed by atoms with Gasteiger partial charge in [-0.3, -0.25) is 4.79 Å². The van der Waals surface area contributed by atoms with Gasteiger partial charge in [-0.15, -0.1) is 0 Å². The van der Waals surface area contributed by atoms with Gasteiger partial charge in [0.05, 0.1) is 11.8 Å². The zero-order valence-corrected chi connectivity index (χ0v) is 18.8. The van der Waals surface area contributed by atoms with E-state index in [1.807, 2.05) is 0 Å². The van der Waals surface area contributed by atoms with Crippen molar-refractivity contribution in [2.75, 3.05) is 18.8 Å². The molecule has 1 amide bonds. The fraction of sp³-hybridized carbons (Fsp3) is 0.682. The van der Waals surface area contributed by atoms with Crippen LogP contribution in [0.5, 0.6) is 0 Å². The maximum Gasteiger partial charge on any atom is 0.223 e. The van der Waals surface area contributed by atoms with Crippen molar-refractivity contribution in [3.63, 3.8) is 0 Å². The monoisotopic (exact) mass is 408 g/mol. The third kappa shape index (κ3) is 5.57. The minimum atomic E-state index is -3.16. The summed E-state index contributed by atoms with van der Waals surface area (Å²) in [5.41, 5.74) is 2.45. The summed E-state index contributed by atoms with van der Waals surface area (Å²) in [5.74, 6) is 0.846. The van der Waals surface area contributed by atoms with E-state index in [9.17, 15) is 13.2 Å². The van der Waals surface area contributed by atoms with E-state index in [4.69, 9.17) is 0 Å².